The van der Waals surface area contributed by atoms with Crippen molar-refractivity contribution in [2.75, 3.05) is 26.7 Å². The molecule has 0 atom stereocenters. The van der Waals surface area contributed by atoms with Gasteiger partial charge in [-0.1, -0.05) is 5.21 Å². The molecule has 0 radical (unpaired) electrons. The van der Waals surface area contributed by atoms with E-state index in [9.17, 15) is 0 Å². The van der Waals surface area contributed by atoms with Gasteiger partial charge in [0.25, 0.3) is 0 Å². The summed E-state index contributed by atoms with van der Waals surface area (Å²) in [5.74, 6) is 1.51. The quantitative estimate of drug-likeness (QED) is 0.466. The number of ether oxygens (including phenoxy) is 1. The summed E-state index contributed by atoms with van der Waals surface area (Å²) < 4.78 is 8.96. The summed E-state index contributed by atoms with van der Waals surface area (Å²) in [4.78, 5) is 11.7. The van der Waals surface area contributed by atoms with Gasteiger partial charge < -0.3 is 9.64 Å². The highest BCUT2D eigenvalue weighted by molar-refractivity contribution is 5.70. The molecule has 0 N–H and O–H groups in total. The van der Waals surface area contributed by atoms with Crippen molar-refractivity contribution in [2.45, 2.75) is 25.8 Å². The third-order valence-corrected chi connectivity index (χ3v) is 5.45. The lowest BCUT2D eigenvalue weighted by atomic mass is 10.2. The Morgan fingerprint density at radius 2 is 1.87 bits per heavy atom. The molecule has 5 rings (SSSR count). The zero-order valence-corrected chi connectivity index (χ0v) is 17.0. The molecule has 9 heteroatoms. The molecule has 1 aromatic carbocycles. The van der Waals surface area contributed by atoms with Crippen LogP contribution < -0.4 is 4.74 Å². The summed E-state index contributed by atoms with van der Waals surface area (Å²) in [7, 11) is 1.65. The van der Waals surface area contributed by atoms with E-state index < -0.39 is 0 Å². The molecule has 1 aliphatic rings. The highest BCUT2D eigenvalue weighted by Gasteiger charge is 2.13. The van der Waals surface area contributed by atoms with Crippen LogP contribution >= 0.6 is 0 Å². The maximum atomic E-state index is 5.23. The number of aromatic nitrogens is 7. The van der Waals surface area contributed by atoms with E-state index in [1.54, 1.807) is 18.0 Å². The maximum absolute atomic E-state index is 5.23. The van der Waals surface area contributed by atoms with E-state index >= 15 is 0 Å². The third kappa shape index (κ3) is 3.88. The van der Waals surface area contributed by atoms with Gasteiger partial charge in [0.1, 0.15) is 11.6 Å². The minimum Gasteiger partial charge on any atom is -0.497 e. The number of nitrogens with zero attached hydrogens (tertiary/aromatic N) is 8. The second-order valence-electron chi connectivity index (χ2n) is 7.53. The van der Waals surface area contributed by atoms with Crippen molar-refractivity contribution in [2.24, 2.45) is 0 Å². The molecular weight excluding hydrogens is 380 g/mol. The average molecular weight is 404 g/mol. The fourth-order valence-corrected chi connectivity index (χ4v) is 3.80. The van der Waals surface area contributed by atoms with Crippen LogP contribution in [-0.4, -0.2) is 66.4 Å². The summed E-state index contributed by atoms with van der Waals surface area (Å²) in [5.41, 5.74) is 3.32. The molecule has 1 aliphatic heterocycles. The van der Waals surface area contributed by atoms with Gasteiger partial charge in [-0.25, -0.2) is 9.97 Å². The molecule has 9 nitrogen and oxygen atoms in total. The maximum Gasteiger partial charge on any atom is 0.187 e. The Hall–Kier alpha value is -3.33. The molecule has 0 saturated carbocycles. The Balaban J connectivity index is 1.32. The van der Waals surface area contributed by atoms with Gasteiger partial charge in [-0.2, -0.15) is 9.78 Å². The molecule has 4 heterocycles. The first-order valence-corrected chi connectivity index (χ1v) is 10.2. The highest BCUT2D eigenvalue weighted by atomic mass is 16.5. The third-order valence-electron chi connectivity index (χ3n) is 5.45. The van der Waals surface area contributed by atoms with Gasteiger partial charge in [-0.3, -0.25) is 4.68 Å². The monoisotopic (exact) mass is 404 g/mol. The summed E-state index contributed by atoms with van der Waals surface area (Å²) >= 11 is 0. The average Bonchev–Trinajstić information content (AvgIpc) is 3.53. The van der Waals surface area contributed by atoms with Crippen LogP contribution in [-0.2, 0) is 13.0 Å². The number of rotatable bonds is 7. The Bertz CT molecular complexity index is 1130. The van der Waals surface area contributed by atoms with E-state index in [-0.39, 0.29) is 0 Å². The summed E-state index contributed by atoms with van der Waals surface area (Å²) in [6.45, 7) is 4.38. The van der Waals surface area contributed by atoms with E-state index in [1.807, 2.05) is 35.1 Å². The molecule has 3 aromatic heterocycles. The predicted molar refractivity (Wildman–Crippen MR) is 112 cm³/mol. The number of likely N-dealkylation sites (tertiary alicyclic amines) is 1. The van der Waals surface area contributed by atoms with Crippen LogP contribution in [0.3, 0.4) is 0 Å². The smallest absolute Gasteiger partial charge is 0.187 e. The molecule has 4 aromatic rings. The van der Waals surface area contributed by atoms with Gasteiger partial charge in [0.05, 0.1) is 31.7 Å². The van der Waals surface area contributed by atoms with Crippen molar-refractivity contribution in [3.05, 3.63) is 54.2 Å². The first kappa shape index (κ1) is 18.7. The molecule has 0 spiro atoms. The molecule has 0 bridgehead atoms. The van der Waals surface area contributed by atoms with Crippen molar-refractivity contribution in [1.82, 2.24) is 39.6 Å². The topological polar surface area (TPSA) is 86.8 Å². The number of hydrogen-bond acceptors (Lipinski definition) is 7. The second-order valence-corrected chi connectivity index (χ2v) is 7.53. The molecule has 1 fully saturated rings. The first-order chi connectivity index (χ1) is 14.8. The fourth-order valence-electron chi connectivity index (χ4n) is 3.80. The van der Waals surface area contributed by atoms with Crippen LogP contribution in [0.5, 0.6) is 5.75 Å². The molecule has 0 amide bonds. The van der Waals surface area contributed by atoms with E-state index in [1.165, 1.54) is 25.9 Å². The van der Waals surface area contributed by atoms with E-state index in [0.717, 1.165) is 35.9 Å². The Kier molecular flexibility index (Phi) is 5.10. The zero-order chi connectivity index (χ0) is 20.3. The predicted octanol–water partition coefficient (Wildman–Crippen LogP) is 2.10. The highest BCUT2D eigenvalue weighted by Crippen LogP contribution is 2.18. The molecule has 0 aliphatic carbocycles. The fraction of sp³-hybridized carbons (Fsp3) is 0.381. The van der Waals surface area contributed by atoms with Crippen molar-refractivity contribution in [3.63, 3.8) is 0 Å². The molecule has 154 valence electrons. The molecule has 0 unspecified atom stereocenters. The van der Waals surface area contributed by atoms with Crippen molar-refractivity contribution in [3.8, 4) is 11.4 Å². The van der Waals surface area contributed by atoms with Crippen LogP contribution in [0.4, 0.5) is 0 Å². The molecule has 30 heavy (non-hydrogen) atoms. The molecular formula is C21H24N8O. The van der Waals surface area contributed by atoms with E-state index in [2.05, 4.69) is 31.5 Å². The molecule has 1 saturated heterocycles. The lowest BCUT2D eigenvalue weighted by Crippen LogP contribution is -2.24. The SMILES string of the molecule is COc1ccc(-n2nnc3cnc(Cc4cnn(CCN5CCCC5)c4)nc32)cc1. The first-order valence-electron chi connectivity index (χ1n) is 10.2. The van der Waals surface area contributed by atoms with Crippen LogP contribution in [0.2, 0.25) is 0 Å². The number of methoxy groups -OCH3 is 1. The Morgan fingerprint density at radius 1 is 1.03 bits per heavy atom. The van der Waals surface area contributed by atoms with Crippen molar-refractivity contribution in [1.29, 1.82) is 0 Å². The van der Waals surface area contributed by atoms with Gasteiger partial charge in [-0.15, -0.1) is 5.10 Å². The van der Waals surface area contributed by atoms with Crippen LogP contribution in [0.15, 0.2) is 42.9 Å². The van der Waals surface area contributed by atoms with Crippen LogP contribution in [0.1, 0.15) is 24.2 Å². The van der Waals surface area contributed by atoms with Gasteiger partial charge >= 0.3 is 0 Å². The standard InChI is InChI=1S/C21H24N8O/c1-30-18-6-4-17(5-7-18)29-21-19(25-26-29)14-22-20(24-21)12-16-13-23-28(15-16)11-10-27-8-2-3-9-27/h4-7,13-15H,2-3,8-12H2,1H3. The second kappa shape index (κ2) is 8.19. The van der Waals surface area contributed by atoms with Crippen molar-refractivity contribution >= 4 is 11.2 Å². The summed E-state index contributed by atoms with van der Waals surface area (Å²) in [6, 6.07) is 7.64. The minimum atomic E-state index is 0.618. The normalized spacial score (nSPS) is 14.6. The van der Waals surface area contributed by atoms with Gasteiger partial charge in [0.2, 0.25) is 0 Å². The number of hydrogen-bond donors (Lipinski definition) is 0. The van der Waals surface area contributed by atoms with Crippen LogP contribution in [0, 0.1) is 0 Å². The van der Waals surface area contributed by atoms with Gasteiger partial charge in [0.15, 0.2) is 11.2 Å². The van der Waals surface area contributed by atoms with Crippen LogP contribution in [0.25, 0.3) is 16.9 Å². The number of benzene rings is 1. The largest absolute Gasteiger partial charge is 0.497 e. The lowest BCUT2D eigenvalue weighted by Gasteiger charge is -2.13. The zero-order valence-electron chi connectivity index (χ0n) is 17.0. The van der Waals surface area contributed by atoms with E-state index in [0.29, 0.717) is 17.6 Å². The number of fused-ring (bicyclic) bond motifs is 1. The Labute approximate surface area is 174 Å². The lowest BCUT2D eigenvalue weighted by molar-refractivity contribution is 0.315. The minimum absolute atomic E-state index is 0.618. The van der Waals surface area contributed by atoms with Crippen molar-refractivity contribution < 1.29 is 4.74 Å². The van der Waals surface area contributed by atoms with Gasteiger partial charge in [-0.05, 0) is 55.8 Å². The summed E-state index contributed by atoms with van der Waals surface area (Å²) in [6.07, 6.45) is 8.95. The summed E-state index contributed by atoms with van der Waals surface area (Å²) in [5, 5.41) is 12.9. The van der Waals surface area contributed by atoms with E-state index in [4.69, 9.17) is 9.72 Å². The Morgan fingerprint density at radius 3 is 2.67 bits per heavy atom. The van der Waals surface area contributed by atoms with Gasteiger partial charge in [0, 0.05) is 19.2 Å².